The maximum Gasteiger partial charge on any atom is 0.317 e. The fraction of sp³-hybridized carbons (Fsp3) is 0.867. The molecule has 0 heterocycles. The smallest absolute Gasteiger partial charge is 0.317 e. The highest BCUT2D eigenvalue weighted by molar-refractivity contribution is 5.75. The van der Waals surface area contributed by atoms with Gasteiger partial charge in [-0.05, 0) is 39.0 Å². The minimum absolute atomic E-state index is 0.0575. The van der Waals surface area contributed by atoms with Crippen molar-refractivity contribution >= 4 is 12.0 Å². The summed E-state index contributed by atoms with van der Waals surface area (Å²) in [7, 11) is 0. The van der Waals surface area contributed by atoms with Gasteiger partial charge in [0.15, 0.2) is 0 Å². The number of carbonyl (C=O) groups excluding carboxylic acids is 1. The van der Waals surface area contributed by atoms with Crippen molar-refractivity contribution in [3.8, 4) is 0 Å². The molecule has 0 aromatic heterocycles. The number of carbonyl (C=O) groups is 2. The highest BCUT2D eigenvalue weighted by atomic mass is 16.4. The average Bonchev–Trinajstić information content (AvgIpc) is 3.16. The Labute approximate surface area is 121 Å². The SMILES string of the molecule is CCC(CC1CC1)NC(=O)N(CCCC(=O)O)C(C)C. The van der Waals surface area contributed by atoms with E-state index in [1.54, 1.807) is 4.90 Å². The standard InChI is InChI=1S/C15H28N2O3/c1-4-13(10-12-7-8-12)16-15(20)17(11(2)3)9-5-6-14(18)19/h11-13H,4-10H2,1-3H3,(H,16,20)(H,18,19). The molecular formula is C15H28N2O3. The molecular weight excluding hydrogens is 256 g/mol. The second-order valence-corrected chi connectivity index (χ2v) is 6.02. The lowest BCUT2D eigenvalue weighted by atomic mass is 10.1. The number of amides is 2. The number of aliphatic carboxylic acids is 1. The first-order valence-corrected chi connectivity index (χ1v) is 7.73. The van der Waals surface area contributed by atoms with Crippen molar-refractivity contribution in [3.63, 3.8) is 0 Å². The van der Waals surface area contributed by atoms with E-state index in [9.17, 15) is 9.59 Å². The lowest BCUT2D eigenvalue weighted by Gasteiger charge is -2.29. The maximum absolute atomic E-state index is 12.3. The zero-order valence-corrected chi connectivity index (χ0v) is 12.9. The number of carboxylic acids is 1. The average molecular weight is 284 g/mol. The summed E-state index contributed by atoms with van der Waals surface area (Å²) in [5.74, 6) is -0.0194. The monoisotopic (exact) mass is 284 g/mol. The molecule has 1 aliphatic rings. The quantitative estimate of drug-likeness (QED) is 0.684. The van der Waals surface area contributed by atoms with Crippen molar-refractivity contribution in [2.75, 3.05) is 6.54 Å². The molecule has 1 aliphatic carbocycles. The van der Waals surface area contributed by atoms with Crippen molar-refractivity contribution in [2.45, 2.75) is 71.4 Å². The Kier molecular flexibility index (Phi) is 6.82. The highest BCUT2D eigenvalue weighted by Gasteiger charge is 2.27. The van der Waals surface area contributed by atoms with Crippen molar-refractivity contribution < 1.29 is 14.7 Å². The number of urea groups is 1. The van der Waals surface area contributed by atoms with Gasteiger partial charge in [-0.3, -0.25) is 4.79 Å². The molecule has 1 rings (SSSR count). The van der Waals surface area contributed by atoms with Crippen molar-refractivity contribution in [1.29, 1.82) is 0 Å². The lowest BCUT2D eigenvalue weighted by molar-refractivity contribution is -0.137. The third-order valence-corrected chi connectivity index (χ3v) is 3.81. The van der Waals surface area contributed by atoms with E-state index in [2.05, 4.69) is 12.2 Å². The molecule has 0 aromatic rings. The van der Waals surface area contributed by atoms with Crippen LogP contribution in [-0.2, 0) is 4.79 Å². The zero-order chi connectivity index (χ0) is 15.1. The van der Waals surface area contributed by atoms with Gasteiger partial charge >= 0.3 is 12.0 Å². The van der Waals surface area contributed by atoms with E-state index >= 15 is 0 Å². The Morgan fingerprint density at radius 1 is 1.35 bits per heavy atom. The van der Waals surface area contributed by atoms with Gasteiger partial charge in [0.1, 0.15) is 0 Å². The summed E-state index contributed by atoms with van der Waals surface area (Å²) in [4.78, 5) is 24.6. The molecule has 0 aromatic carbocycles. The molecule has 0 spiro atoms. The van der Waals surface area contributed by atoms with Crippen LogP contribution in [0.25, 0.3) is 0 Å². The summed E-state index contributed by atoms with van der Waals surface area (Å²) in [5, 5.41) is 11.8. The van der Waals surface area contributed by atoms with E-state index in [1.165, 1.54) is 12.8 Å². The van der Waals surface area contributed by atoms with E-state index in [4.69, 9.17) is 5.11 Å². The first-order chi connectivity index (χ1) is 9.43. The van der Waals surface area contributed by atoms with Gasteiger partial charge in [-0.25, -0.2) is 4.79 Å². The van der Waals surface area contributed by atoms with Crippen LogP contribution in [0.15, 0.2) is 0 Å². The van der Waals surface area contributed by atoms with Gasteiger partial charge in [0.2, 0.25) is 0 Å². The first kappa shape index (κ1) is 16.8. The summed E-state index contributed by atoms with van der Waals surface area (Å²) >= 11 is 0. The maximum atomic E-state index is 12.3. The molecule has 2 amide bonds. The van der Waals surface area contributed by atoms with Gasteiger partial charge in [-0.1, -0.05) is 19.8 Å². The van der Waals surface area contributed by atoms with Crippen LogP contribution >= 0.6 is 0 Å². The minimum atomic E-state index is -0.811. The summed E-state index contributed by atoms with van der Waals surface area (Å²) < 4.78 is 0. The largest absolute Gasteiger partial charge is 0.481 e. The van der Waals surface area contributed by atoms with Crippen LogP contribution < -0.4 is 5.32 Å². The topological polar surface area (TPSA) is 69.6 Å². The molecule has 0 bridgehead atoms. The second-order valence-electron chi connectivity index (χ2n) is 6.02. The van der Waals surface area contributed by atoms with Gasteiger partial charge < -0.3 is 15.3 Å². The summed E-state index contributed by atoms with van der Waals surface area (Å²) in [6.07, 6.45) is 5.21. The molecule has 1 saturated carbocycles. The second kappa shape index (κ2) is 8.12. The molecule has 0 aliphatic heterocycles. The fourth-order valence-corrected chi connectivity index (χ4v) is 2.34. The van der Waals surface area contributed by atoms with Crippen LogP contribution in [0.2, 0.25) is 0 Å². The van der Waals surface area contributed by atoms with Crippen LogP contribution in [0.1, 0.15) is 59.3 Å². The Balaban J connectivity index is 2.42. The third kappa shape index (κ3) is 6.26. The Morgan fingerprint density at radius 3 is 2.45 bits per heavy atom. The van der Waals surface area contributed by atoms with Crippen LogP contribution in [-0.4, -0.2) is 40.6 Å². The van der Waals surface area contributed by atoms with E-state index in [0.29, 0.717) is 13.0 Å². The molecule has 116 valence electrons. The Hall–Kier alpha value is -1.26. The number of hydrogen-bond donors (Lipinski definition) is 2. The van der Waals surface area contributed by atoms with Gasteiger partial charge in [0.05, 0.1) is 0 Å². The van der Waals surface area contributed by atoms with E-state index in [1.807, 2.05) is 13.8 Å². The van der Waals surface area contributed by atoms with Gasteiger partial charge in [-0.2, -0.15) is 0 Å². The highest BCUT2D eigenvalue weighted by Crippen LogP contribution is 2.34. The first-order valence-electron chi connectivity index (χ1n) is 7.73. The van der Waals surface area contributed by atoms with Crippen LogP contribution in [0.3, 0.4) is 0 Å². The van der Waals surface area contributed by atoms with Gasteiger partial charge in [0, 0.05) is 25.0 Å². The third-order valence-electron chi connectivity index (χ3n) is 3.81. The number of nitrogens with zero attached hydrogens (tertiary/aromatic N) is 1. The van der Waals surface area contributed by atoms with Crippen LogP contribution in [0, 0.1) is 5.92 Å². The van der Waals surface area contributed by atoms with Gasteiger partial charge in [0.25, 0.3) is 0 Å². The summed E-state index contributed by atoms with van der Waals surface area (Å²) in [6, 6.07) is 0.274. The van der Waals surface area contributed by atoms with E-state index in [0.717, 1.165) is 18.8 Å². The minimum Gasteiger partial charge on any atom is -0.481 e. The van der Waals surface area contributed by atoms with E-state index < -0.39 is 5.97 Å². The predicted molar refractivity (Wildman–Crippen MR) is 78.7 cm³/mol. The number of rotatable bonds is 9. The molecule has 5 nitrogen and oxygen atoms in total. The Morgan fingerprint density at radius 2 is 2.00 bits per heavy atom. The molecule has 1 atom stereocenters. The normalized spacial score (nSPS) is 16.0. The fourth-order valence-electron chi connectivity index (χ4n) is 2.34. The van der Waals surface area contributed by atoms with E-state index in [-0.39, 0.29) is 24.5 Å². The molecule has 0 saturated heterocycles. The molecule has 1 fully saturated rings. The van der Waals surface area contributed by atoms with Gasteiger partial charge in [-0.15, -0.1) is 0 Å². The Bertz CT molecular complexity index is 327. The van der Waals surface area contributed by atoms with Crippen molar-refractivity contribution in [1.82, 2.24) is 10.2 Å². The summed E-state index contributed by atoms with van der Waals surface area (Å²) in [5.41, 5.74) is 0. The van der Waals surface area contributed by atoms with Crippen molar-refractivity contribution in [3.05, 3.63) is 0 Å². The molecule has 1 unspecified atom stereocenters. The summed E-state index contributed by atoms with van der Waals surface area (Å²) in [6.45, 7) is 6.51. The molecule has 20 heavy (non-hydrogen) atoms. The number of carboxylic acid groups (broad SMARTS) is 1. The lowest BCUT2D eigenvalue weighted by Crippen LogP contribution is -2.48. The zero-order valence-electron chi connectivity index (χ0n) is 12.9. The van der Waals surface area contributed by atoms with Crippen LogP contribution in [0.5, 0.6) is 0 Å². The number of nitrogens with one attached hydrogen (secondary N) is 1. The predicted octanol–water partition coefficient (Wildman–Crippen LogP) is 2.85. The van der Waals surface area contributed by atoms with Crippen LogP contribution in [0.4, 0.5) is 4.79 Å². The number of hydrogen-bond acceptors (Lipinski definition) is 2. The molecule has 0 radical (unpaired) electrons. The van der Waals surface area contributed by atoms with Crippen molar-refractivity contribution in [2.24, 2.45) is 5.92 Å². The molecule has 5 heteroatoms. The molecule has 2 N–H and O–H groups in total.